The summed E-state index contributed by atoms with van der Waals surface area (Å²) in [4.78, 5) is 3.91. The maximum absolute atomic E-state index is 13.2. The van der Waals surface area contributed by atoms with Crippen LogP contribution in [-0.2, 0) is 0 Å². The molecule has 0 aliphatic heterocycles. The number of halogens is 4. The smallest absolute Gasteiger partial charge is 0.248 e. The van der Waals surface area contributed by atoms with Crippen LogP contribution in [0.2, 0.25) is 5.15 Å². The van der Waals surface area contributed by atoms with Gasteiger partial charge in [-0.25, -0.2) is 13.8 Å². The van der Waals surface area contributed by atoms with Crippen LogP contribution < -0.4 is 4.74 Å². The molecule has 0 atom stereocenters. The van der Waals surface area contributed by atoms with Crippen LogP contribution in [0.1, 0.15) is 32.6 Å². The van der Waals surface area contributed by atoms with E-state index in [0.717, 1.165) is 0 Å². The van der Waals surface area contributed by atoms with Crippen molar-refractivity contribution in [2.75, 3.05) is 6.61 Å². The average molecular weight is 355 g/mol. The Balaban J connectivity index is 1.97. The second-order valence-electron chi connectivity index (χ2n) is 5.39. The first-order chi connectivity index (χ1) is 8.80. The molecule has 0 saturated heterocycles. The third-order valence-electron chi connectivity index (χ3n) is 3.55. The molecule has 0 aromatic carbocycles. The highest BCUT2D eigenvalue weighted by atomic mass is 79.9. The van der Waals surface area contributed by atoms with Gasteiger partial charge in [0, 0.05) is 30.5 Å². The van der Waals surface area contributed by atoms with E-state index in [9.17, 15) is 8.78 Å². The lowest BCUT2D eigenvalue weighted by atomic mass is 9.75. The molecule has 1 heterocycles. The summed E-state index contributed by atoms with van der Waals surface area (Å²) >= 11 is 9.12. The molecule has 0 N–H and O–H groups in total. The molecule has 6 heteroatoms. The van der Waals surface area contributed by atoms with Crippen LogP contribution in [0, 0.1) is 5.41 Å². The zero-order valence-corrected chi connectivity index (χ0v) is 12.9. The van der Waals surface area contributed by atoms with Gasteiger partial charge < -0.3 is 4.74 Å². The van der Waals surface area contributed by atoms with Gasteiger partial charge in [0.15, 0.2) is 0 Å². The van der Waals surface area contributed by atoms with Gasteiger partial charge in [-0.1, -0.05) is 18.5 Å². The summed E-state index contributed by atoms with van der Waals surface area (Å²) in [6.07, 6.45) is 2.37. The number of hydrogen-bond acceptors (Lipinski definition) is 2. The molecule has 1 saturated carbocycles. The largest absolute Gasteiger partial charge is 0.492 e. The third-order valence-corrected chi connectivity index (χ3v) is 4.35. The van der Waals surface area contributed by atoms with E-state index in [2.05, 4.69) is 20.9 Å². The van der Waals surface area contributed by atoms with Crippen molar-refractivity contribution in [3.8, 4) is 5.75 Å². The van der Waals surface area contributed by atoms with Crippen molar-refractivity contribution < 1.29 is 13.5 Å². The van der Waals surface area contributed by atoms with Crippen molar-refractivity contribution in [2.45, 2.75) is 38.5 Å². The van der Waals surface area contributed by atoms with Gasteiger partial charge in [-0.2, -0.15) is 0 Å². The summed E-state index contributed by atoms with van der Waals surface area (Å²) in [5, 5.41) is 0.346. The van der Waals surface area contributed by atoms with Gasteiger partial charge in [0.2, 0.25) is 5.92 Å². The highest BCUT2D eigenvalue weighted by Crippen LogP contribution is 2.43. The summed E-state index contributed by atoms with van der Waals surface area (Å²) < 4.78 is 32.7. The van der Waals surface area contributed by atoms with Gasteiger partial charge in [-0.3, -0.25) is 0 Å². The first-order valence-corrected chi connectivity index (χ1v) is 7.29. The highest BCUT2D eigenvalue weighted by molar-refractivity contribution is 9.10. The van der Waals surface area contributed by atoms with E-state index in [0.29, 0.717) is 34.8 Å². The number of hydrogen-bond donors (Lipinski definition) is 0. The summed E-state index contributed by atoms with van der Waals surface area (Å²) in [7, 11) is 0. The SMILES string of the molecule is CC1(COc2cc(Cl)ncc2Br)CCC(F)(F)CC1. The van der Waals surface area contributed by atoms with Crippen LogP contribution in [0.5, 0.6) is 5.75 Å². The molecule has 1 aromatic rings. The second kappa shape index (κ2) is 5.52. The quantitative estimate of drug-likeness (QED) is 0.705. The minimum absolute atomic E-state index is 0.0644. The number of alkyl halides is 2. The normalized spacial score (nSPS) is 21.1. The van der Waals surface area contributed by atoms with Crippen LogP contribution >= 0.6 is 27.5 Å². The average Bonchev–Trinajstić information content (AvgIpc) is 2.35. The zero-order valence-electron chi connectivity index (χ0n) is 10.6. The molecule has 0 spiro atoms. The molecule has 1 aromatic heterocycles. The Labute approximate surface area is 124 Å². The zero-order chi connectivity index (χ0) is 14.1. The van der Waals surface area contributed by atoms with Gasteiger partial charge in [-0.15, -0.1) is 0 Å². The van der Waals surface area contributed by atoms with E-state index in [4.69, 9.17) is 16.3 Å². The monoisotopic (exact) mass is 353 g/mol. The van der Waals surface area contributed by atoms with Gasteiger partial charge in [0.25, 0.3) is 0 Å². The van der Waals surface area contributed by atoms with Gasteiger partial charge >= 0.3 is 0 Å². The predicted octanol–water partition coefficient (Wildman–Crippen LogP) is 5.09. The Morgan fingerprint density at radius 1 is 1.37 bits per heavy atom. The van der Waals surface area contributed by atoms with Crippen molar-refractivity contribution in [2.24, 2.45) is 5.41 Å². The number of pyridine rings is 1. The summed E-state index contributed by atoms with van der Waals surface area (Å²) in [6, 6.07) is 1.62. The van der Waals surface area contributed by atoms with Crippen molar-refractivity contribution in [1.82, 2.24) is 4.98 Å². The topological polar surface area (TPSA) is 22.1 Å². The first kappa shape index (κ1) is 15.0. The van der Waals surface area contributed by atoms with Crippen molar-refractivity contribution >= 4 is 27.5 Å². The molecule has 19 heavy (non-hydrogen) atoms. The third kappa shape index (κ3) is 4.02. The van der Waals surface area contributed by atoms with Crippen LogP contribution in [0.4, 0.5) is 8.78 Å². The number of aromatic nitrogens is 1. The lowest BCUT2D eigenvalue weighted by Gasteiger charge is -2.36. The molecule has 2 nitrogen and oxygen atoms in total. The van der Waals surface area contributed by atoms with Gasteiger partial charge in [0.1, 0.15) is 10.9 Å². The fraction of sp³-hybridized carbons (Fsp3) is 0.615. The van der Waals surface area contributed by atoms with E-state index in [-0.39, 0.29) is 18.3 Å². The van der Waals surface area contributed by atoms with Gasteiger partial charge in [-0.05, 0) is 28.8 Å². The van der Waals surface area contributed by atoms with E-state index < -0.39 is 5.92 Å². The standard InChI is InChI=1S/C13H15BrClF2NO/c1-12(2-4-13(16,17)5-3-12)8-19-10-6-11(15)18-7-9(10)14/h6-7H,2-5,8H2,1H3. The minimum atomic E-state index is -2.51. The molecule has 106 valence electrons. The minimum Gasteiger partial charge on any atom is -0.492 e. The Hall–Kier alpha value is -0.420. The Kier molecular flexibility index (Phi) is 4.35. The molecule has 0 bridgehead atoms. The molecular formula is C13H15BrClF2NO. The summed E-state index contributed by atoms with van der Waals surface area (Å²) in [5.74, 6) is -1.92. The Morgan fingerprint density at radius 3 is 2.63 bits per heavy atom. The van der Waals surface area contributed by atoms with Crippen molar-refractivity contribution in [3.63, 3.8) is 0 Å². The highest BCUT2D eigenvalue weighted by Gasteiger charge is 2.41. The fourth-order valence-corrected chi connectivity index (χ4v) is 2.60. The van der Waals surface area contributed by atoms with E-state index in [1.807, 2.05) is 6.92 Å². The second-order valence-corrected chi connectivity index (χ2v) is 6.63. The van der Waals surface area contributed by atoms with E-state index >= 15 is 0 Å². The summed E-state index contributed by atoms with van der Waals surface area (Å²) in [6.45, 7) is 2.39. The molecule has 2 rings (SSSR count). The van der Waals surface area contributed by atoms with Crippen molar-refractivity contribution in [1.29, 1.82) is 0 Å². The van der Waals surface area contributed by atoms with Crippen LogP contribution in [0.15, 0.2) is 16.7 Å². The van der Waals surface area contributed by atoms with Gasteiger partial charge in [0.05, 0.1) is 11.1 Å². The van der Waals surface area contributed by atoms with Crippen molar-refractivity contribution in [3.05, 3.63) is 21.9 Å². The molecule has 0 amide bonds. The lowest BCUT2D eigenvalue weighted by molar-refractivity contribution is -0.0712. The fourth-order valence-electron chi connectivity index (χ4n) is 2.12. The van der Waals surface area contributed by atoms with Crippen LogP contribution in [0.3, 0.4) is 0 Å². The Bertz CT molecular complexity index is 460. The molecule has 0 radical (unpaired) electrons. The molecule has 1 fully saturated rings. The van der Waals surface area contributed by atoms with E-state index in [1.54, 1.807) is 12.3 Å². The number of ether oxygens (including phenoxy) is 1. The number of rotatable bonds is 3. The summed E-state index contributed by atoms with van der Waals surface area (Å²) in [5.41, 5.74) is -0.211. The molecule has 0 unspecified atom stereocenters. The Morgan fingerprint density at radius 2 is 2.00 bits per heavy atom. The van der Waals surface area contributed by atoms with E-state index in [1.165, 1.54) is 0 Å². The molecular weight excluding hydrogens is 340 g/mol. The first-order valence-electron chi connectivity index (χ1n) is 6.11. The lowest BCUT2D eigenvalue weighted by Crippen LogP contribution is -2.35. The van der Waals surface area contributed by atoms with Crippen LogP contribution in [-0.4, -0.2) is 17.5 Å². The predicted molar refractivity (Wildman–Crippen MR) is 74.0 cm³/mol. The molecule has 1 aliphatic carbocycles. The maximum atomic E-state index is 13.2. The molecule has 1 aliphatic rings. The number of nitrogens with zero attached hydrogens (tertiary/aromatic N) is 1. The van der Waals surface area contributed by atoms with Crippen LogP contribution in [0.25, 0.3) is 0 Å². The maximum Gasteiger partial charge on any atom is 0.248 e.